The molecule has 0 atom stereocenters. The number of unbranched alkanes of at least 4 members (excludes halogenated alkanes) is 4. The molecular weight excluding hydrogens is 799 g/mol. The van der Waals surface area contributed by atoms with Crippen LogP contribution in [0, 0.1) is 0 Å². The molecule has 15 heteroatoms. The number of pyridine rings is 1. The zero-order valence-electron chi connectivity index (χ0n) is 34.3. The lowest BCUT2D eigenvalue weighted by atomic mass is 10.0. The van der Waals surface area contributed by atoms with Crippen LogP contribution in [0.3, 0.4) is 0 Å². The van der Waals surface area contributed by atoms with E-state index in [1.807, 2.05) is 52.9 Å². The number of hydrogen-bond acceptors (Lipinski definition) is 10. The van der Waals surface area contributed by atoms with Gasteiger partial charge >= 0.3 is 6.03 Å². The number of anilines is 3. The van der Waals surface area contributed by atoms with E-state index in [0.717, 1.165) is 83.1 Å². The summed E-state index contributed by atoms with van der Waals surface area (Å²) in [6, 6.07) is 19.0. The molecule has 5 heterocycles. The second-order valence-electron chi connectivity index (χ2n) is 16.6. The molecule has 0 unspecified atom stereocenters. The van der Waals surface area contributed by atoms with Gasteiger partial charge in [-0.15, -0.1) is 11.3 Å². The van der Waals surface area contributed by atoms with Crippen molar-refractivity contribution >= 4 is 88.1 Å². The average molecular weight is 850 g/mol. The van der Waals surface area contributed by atoms with Crippen molar-refractivity contribution in [2.24, 2.45) is 0 Å². The van der Waals surface area contributed by atoms with Crippen LogP contribution in [-0.4, -0.2) is 76.7 Å². The SMILES string of the molecule is CC(C)(C)S(=O)(=O)c1cc2c(Nc3ccc4scnc4c3)ccnc2cc1OCCCCCCCC(=O)N1CCC(n2ccc3c(N4CCC(=O)NC4=O)cccc32)CC1. The molecule has 2 aliphatic heterocycles. The first-order valence-electron chi connectivity index (χ1n) is 20.8. The molecule has 2 N–H and O–H groups in total. The van der Waals surface area contributed by atoms with Crippen LogP contribution in [-0.2, 0) is 19.4 Å². The van der Waals surface area contributed by atoms with Gasteiger partial charge in [-0.05, 0) is 95.0 Å². The van der Waals surface area contributed by atoms with Gasteiger partial charge in [-0.3, -0.25) is 24.8 Å². The van der Waals surface area contributed by atoms with E-state index in [9.17, 15) is 22.8 Å². The molecule has 2 aliphatic rings. The molecule has 4 amide bonds. The largest absolute Gasteiger partial charge is 0.492 e. The van der Waals surface area contributed by atoms with Crippen LogP contribution in [0.1, 0.15) is 84.6 Å². The number of nitrogens with zero attached hydrogens (tertiary/aromatic N) is 5. The Balaban J connectivity index is 0.807. The van der Waals surface area contributed by atoms with E-state index >= 15 is 0 Å². The van der Waals surface area contributed by atoms with Gasteiger partial charge in [0.1, 0.15) is 10.6 Å². The van der Waals surface area contributed by atoms with Crippen molar-refractivity contribution in [1.82, 2.24) is 24.8 Å². The van der Waals surface area contributed by atoms with Crippen molar-refractivity contribution in [2.45, 2.75) is 94.2 Å². The molecule has 0 saturated carbocycles. The van der Waals surface area contributed by atoms with Crippen LogP contribution in [0.2, 0.25) is 0 Å². The number of imide groups is 1. The highest BCUT2D eigenvalue weighted by atomic mass is 32.2. The summed E-state index contributed by atoms with van der Waals surface area (Å²) >= 11 is 1.58. The maximum absolute atomic E-state index is 13.9. The van der Waals surface area contributed by atoms with Gasteiger partial charge in [0.15, 0.2) is 9.84 Å². The van der Waals surface area contributed by atoms with Crippen LogP contribution >= 0.6 is 11.3 Å². The molecule has 0 aliphatic carbocycles. The molecule has 8 rings (SSSR count). The summed E-state index contributed by atoms with van der Waals surface area (Å²) in [6.45, 7) is 7.22. The maximum Gasteiger partial charge on any atom is 0.328 e. The Bertz CT molecular complexity index is 2680. The minimum absolute atomic E-state index is 0.148. The van der Waals surface area contributed by atoms with Crippen molar-refractivity contribution in [3.05, 3.63) is 78.6 Å². The molecular formula is C45H51N7O6S2. The van der Waals surface area contributed by atoms with Crippen LogP contribution < -0.4 is 20.3 Å². The molecule has 0 bridgehead atoms. The topological polar surface area (TPSA) is 156 Å². The predicted octanol–water partition coefficient (Wildman–Crippen LogP) is 9.14. The lowest BCUT2D eigenvalue weighted by Crippen LogP contribution is -2.49. The van der Waals surface area contributed by atoms with Crippen LogP contribution in [0.25, 0.3) is 32.0 Å². The van der Waals surface area contributed by atoms with Gasteiger partial charge in [0.05, 0.1) is 43.8 Å². The van der Waals surface area contributed by atoms with E-state index in [2.05, 4.69) is 37.4 Å². The molecule has 6 aromatic rings. The van der Waals surface area contributed by atoms with E-state index < -0.39 is 20.6 Å². The zero-order valence-corrected chi connectivity index (χ0v) is 35.9. The Morgan fingerprint density at radius 2 is 1.72 bits per heavy atom. The molecule has 2 saturated heterocycles. The third kappa shape index (κ3) is 8.55. The Morgan fingerprint density at radius 3 is 2.52 bits per heavy atom. The highest BCUT2D eigenvalue weighted by molar-refractivity contribution is 7.92. The lowest BCUT2D eigenvalue weighted by molar-refractivity contribution is -0.132. The van der Waals surface area contributed by atoms with Gasteiger partial charge in [0.25, 0.3) is 0 Å². The molecule has 2 fully saturated rings. The number of thiazole rings is 1. The van der Waals surface area contributed by atoms with Crippen molar-refractivity contribution in [3.8, 4) is 5.75 Å². The first kappa shape index (κ1) is 41.2. The Hall–Kier alpha value is -5.54. The third-order valence-corrected chi connectivity index (χ3v) is 14.9. The number of rotatable bonds is 14. The van der Waals surface area contributed by atoms with E-state index in [0.29, 0.717) is 49.3 Å². The quantitative estimate of drug-likeness (QED) is 0.102. The van der Waals surface area contributed by atoms with Gasteiger partial charge in [0, 0.05) is 79.1 Å². The number of nitrogens with one attached hydrogen (secondary N) is 2. The minimum atomic E-state index is -3.76. The molecule has 60 heavy (non-hydrogen) atoms. The number of piperidine rings is 1. The van der Waals surface area contributed by atoms with Crippen LogP contribution in [0.5, 0.6) is 5.75 Å². The van der Waals surface area contributed by atoms with Crippen molar-refractivity contribution < 1.29 is 27.5 Å². The average Bonchev–Trinajstić information content (AvgIpc) is 3.89. The third-order valence-electron chi connectivity index (χ3n) is 11.6. The second kappa shape index (κ2) is 17.2. The van der Waals surface area contributed by atoms with Gasteiger partial charge in [-0.1, -0.05) is 25.3 Å². The minimum Gasteiger partial charge on any atom is -0.492 e. The number of carbonyl (C=O) groups excluding carboxylic acids is 3. The molecule has 0 spiro atoms. The zero-order chi connectivity index (χ0) is 42.0. The van der Waals surface area contributed by atoms with Crippen LogP contribution in [0.4, 0.5) is 21.9 Å². The van der Waals surface area contributed by atoms with Crippen molar-refractivity contribution in [1.29, 1.82) is 0 Å². The number of ether oxygens (including phenoxy) is 1. The fraction of sp³-hybridized carbons (Fsp3) is 0.400. The Labute approximate surface area is 354 Å². The Morgan fingerprint density at radius 1 is 0.917 bits per heavy atom. The normalized spacial score (nSPS) is 15.6. The summed E-state index contributed by atoms with van der Waals surface area (Å²) in [5.41, 5.74) is 6.76. The van der Waals surface area contributed by atoms with Gasteiger partial charge in [0.2, 0.25) is 11.8 Å². The number of sulfone groups is 1. The summed E-state index contributed by atoms with van der Waals surface area (Å²) in [7, 11) is -3.76. The van der Waals surface area contributed by atoms with E-state index in [4.69, 9.17) is 4.74 Å². The first-order chi connectivity index (χ1) is 28.9. The highest BCUT2D eigenvalue weighted by Crippen LogP contribution is 2.39. The fourth-order valence-corrected chi connectivity index (χ4v) is 10.1. The van der Waals surface area contributed by atoms with Gasteiger partial charge in [-0.25, -0.2) is 18.2 Å². The molecule has 0 radical (unpaired) electrons. The van der Waals surface area contributed by atoms with E-state index in [-0.39, 0.29) is 29.2 Å². The molecule has 314 valence electrons. The fourth-order valence-electron chi connectivity index (χ4n) is 8.17. The monoisotopic (exact) mass is 849 g/mol. The highest BCUT2D eigenvalue weighted by Gasteiger charge is 2.34. The number of amides is 4. The van der Waals surface area contributed by atoms with E-state index in [1.165, 1.54) is 0 Å². The Kier molecular flexibility index (Phi) is 11.8. The summed E-state index contributed by atoms with van der Waals surface area (Å²) < 4.78 is 36.3. The predicted molar refractivity (Wildman–Crippen MR) is 237 cm³/mol. The maximum atomic E-state index is 13.9. The van der Waals surface area contributed by atoms with Crippen LogP contribution in [0.15, 0.2) is 83.5 Å². The summed E-state index contributed by atoms with van der Waals surface area (Å²) in [5, 5.41) is 7.51. The van der Waals surface area contributed by atoms with Gasteiger partial charge < -0.3 is 19.5 Å². The molecule has 3 aromatic heterocycles. The second-order valence-corrected chi connectivity index (χ2v) is 20.2. The number of benzene rings is 3. The molecule has 3 aromatic carbocycles. The number of fused-ring (bicyclic) bond motifs is 3. The number of aromatic nitrogens is 3. The summed E-state index contributed by atoms with van der Waals surface area (Å²) in [5.74, 6) is 0.247. The van der Waals surface area contributed by atoms with Crippen molar-refractivity contribution in [3.63, 3.8) is 0 Å². The smallest absolute Gasteiger partial charge is 0.328 e. The van der Waals surface area contributed by atoms with Gasteiger partial charge in [-0.2, -0.15) is 0 Å². The number of carbonyl (C=O) groups is 3. The lowest BCUT2D eigenvalue weighted by Gasteiger charge is -2.33. The first-order valence-corrected chi connectivity index (χ1v) is 23.1. The number of hydrogen-bond donors (Lipinski definition) is 2. The number of urea groups is 1. The number of likely N-dealkylation sites (tertiary alicyclic amines) is 1. The standard InChI is InChI=1S/C45H51N7O6S2/c1-45(2,3)60(56,57)41-27-33-34(48-30-13-14-40-36(26-30)47-29-59-40)15-20-46-35(33)28-39(41)58-25-8-6-4-5-7-12-43(54)50-21-16-31(17-22-50)51-23-18-32-37(51)10-9-11-38(32)52-24-19-42(53)49-44(52)55/h9-11,13-15,18,20,23,26-29,31H,4-8,12,16-17,19,21-22,24-25H2,1-3H3,(H,46,48)(H,49,53,55). The summed E-state index contributed by atoms with van der Waals surface area (Å²) in [6.07, 6.45) is 10.6. The molecule has 13 nitrogen and oxygen atoms in total. The van der Waals surface area contributed by atoms with E-state index in [1.54, 1.807) is 55.3 Å². The summed E-state index contributed by atoms with van der Waals surface area (Å²) in [4.78, 5) is 50.1. The van der Waals surface area contributed by atoms with Crippen molar-refractivity contribution in [2.75, 3.05) is 36.5 Å².